The molecule has 55 heavy (non-hydrogen) atoms. The molecule has 2 aliphatic rings. The minimum Gasteiger partial charge on any atom is -0.454 e. The van der Waals surface area contributed by atoms with Gasteiger partial charge >= 0.3 is 0 Å². The van der Waals surface area contributed by atoms with Crippen molar-refractivity contribution in [3.8, 4) is 11.1 Å². The van der Waals surface area contributed by atoms with Crippen LogP contribution in [0, 0.1) is 0 Å². The quantitative estimate of drug-likeness (QED) is 0.186. The van der Waals surface area contributed by atoms with Crippen molar-refractivity contribution in [1.82, 2.24) is 5.32 Å². The number of hydrogen-bond donors (Lipinski definition) is 1. The van der Waals surface area contributed by atoms with E-state index in [2.05, 4.69) is 192 Å². The van der Waals surface area contributed by atoms with E-state index in [0.717, 1.165) is 72.8 Å². The van der Waals surface area contributed by atoms with Gasteiger partial charge in [0.25, 0.3) is 0 Å². The van der Waals surface area contributed by atoms with Crippen LogP contribution in [0.5, 0.6) is 0 Å². The summed E-state index contributed by atoms with van der Waals surface area (Å²) in [5.74, 6) is 0. The molecular weight excluding hydrogens is 691 g/mol. The summed E-state index contributed by atoms with van der Waals surface area (Å²) in [7, 11) is 0. The lowest BCUT2D eigenvalue weighted by atomic mass is 9.93. The number of anilines is 3. The van der Waals surface area contributed by atoms with Gasteiger partial charge in [0.05, 0.1) is 28.8 Å². The Labute approximate surface area is 322 Å². The maximum atomic E-state index is 6.95. The molecule has 2 aromatic heterocycles. The van der Waals surface area contributed by atoms with Gasteiger partial charge in [0.15, 0.2) is 5.58 Å². The Morgan fingerprint density at radius 3 is 2.22 bits per heavy atom. The molecule has 11 rings (SSSR count). The van der Waals surface area contributed by atoms with Gasteiger partial charge < -0.3 is 14.6 Å². The minimum absolute atomic E-state index is 0.0530. The second kappa shape index (κ2) is 12.9. The zero-order valence-corrected chi connectivity index (χ0v) is 30.5. The second-order valence-electron chi connectivity index (χ2n) is 14.0. The zero-order valence-electron chi connectivity index (χ0n) is 29.7. The first-order valence-corrected chi connectivity index (χ1v) is 19.4. The lowest BCUT2D eigenvalue weighted by Gasteiger charge is -2.29. The van der Waals surface area contributed by atoms with Gasteiger partial charge in [-0.2, -0.15) is 0 Å². The molecule has 5 heteroatoms. The fourth-order valence-corrected chi connectivity index (χ4v) is 9.26. The molecule has 260 valence electrons. The number of benzene rings is 7. The fraction of sp³-hybridized carbons (Fsp3) is 0.0200. The second-order valence-corrected chi connectivity index (χ2v) is 15.0. The number of hydrogen-bond acceptors (Lipinski definition) is 5. The number of furan rings is 1. The number of nitrogens with one attached hydrogen (secondary N) is 1. The summed E-state index contributed by atoms with van der Waals surface area (Å²) in [4.78, 5) is 7.72. The van der Waals surface area contributed by atoms with Crippen molar-refractivity contribution in [2.75, 3.05) is 4.90 Å². The number of rotatable bonds is 6. The molecule has 1 N–H and O–H groups in total. The van der Waals surface area contributed by atoms with Gasteiger partial charge in [-0.3, -0.25) is 0 Å². The summed E-state index contributed by atoms with van der Waals surface area (Å²) in [5.41, 5.74) is 12.0. The van der Waals surface area contributed by atoms with E-state index in [1.165, 1.54) is 25.7 Å². The molecule has 0 bridgehead atoms. The van der Waals surface area contributed by atoms with Crippen LogP contribution in [0.15, 0.2) is 198 Å². The van der Waals surface area contributed by atoms with E-state index < -0.39 is 0 Å². The molecule has 1 aliphatic carbocycles. The summed E-state index contributed by atoms with van der Waals surface area (Å²) in [6.45, 7) is 0. The van der Waals surface area contributed by atoms with Crippen LogP contribution in [-0.2, 0) is 0 Å². The summed E-state index contributed by atoms with van der Waals surface area (Å²) >= 11 is 1.83. The van der Waals surface area contributed by atoms with E-state index in [1.54, 1.807) is 0 Å². The Morgan fingerprint density at radius 2 is 1.33 bits per heavy atom. The van der Waals surface area contributed by atoms with E-state index in [1.807, 2.05) is 17.4 Å². The van der Waals surface area contributed by atoms with Gasteiger partial charge in [-0.25, -0.2) is 4.99 Å². The van der Waals surface area contributed by atoms with E-state index in [-0.39, 0.29) is 6.04 Å². The Kier molecular flexibility index (Phi) is 7.39. The first kappa shape index (κ1) is 31.6. The number of aliphatic imine (C=N–C) groups is 1. The van der Waals surface area contributed by atoms with Gasteiger partial charge in [0.2, 0.25) is 0 Å². The Morgan fingerprint density at radius 1 is 0.582 bits per heavy atom. The SMILES string of the molecule is C1=CC2=NC(c3cccc(-c4ccccc4)c3)=C(c3ccc(N(c4ccccc4)c4ccc5c(c4)sc4ccccc45)c4oc5ccccc5c34)NC2C=C1. The normalized spacial score (nSPS) is 15.1. The third-order valence-electron chi connectivity index (χ3n) is 10.7. The molecule has 0 spiro atoms. The van der Waals surface area contributed by atoms with Gasteiger partial charge in [0, 0.05) is 53.4 Å². The number of allylic oxidation sites excluding steroid dienone is 2. The lowest BCUT2D eigenvalue weighted by molar-refractivity contribution is 0.669. The molecule has 7 aromatic carbocycles. The zero-order chi connectivity index (χ0) is 36.3. The first-order chi connectivity index (χ1) is 27.3. The predicted octanol–water partition coefficient (Wildman–Crippen LogP) is 13.5. The van der Waals surface area contributed by atoms with Crippen LogP contribution in [0.3, 0.4) is 0 Å². The van der Waals surface area contributed by atoms with Gasteiger partial charge in [-0.15, -0.1) is 11.3 Å². The van der Waals surface area contributed by atoms with Crippen molar-refractivity contribution in [1.29, 1.82) is 0 Å². The number of nitrogens with zero attached hydrogens (tertiary/aromatic N) is 2. The third-order valence-corrected chi connectivity index (χ3v) is 11.8. The molecule has 1 aliphatic heterocycles. The first-order valence-electron chi connectivity index (χ1n) is 18.6. The molecule has 0 amide bonds. The number of para-hydroxylation sites is 2. The van der Waals surface area contributed by atoms with Crippen molar-refractivity contribution in [3.05, 3.63) is 199 Å². The lowest BCUT2D eigenvalue weighted by Crippen LogP contribution is -2.37. The van der Waals surface area contributed by atoms with E-state index in [4.69, 9.17) is 9.41 Å². The maximum absolute atomic E-state index is 6.95. The van der Waals surface area contributed by atoms with E-state index >= 15 is 0 Å². The fourth-order valence-electron chi connectivity index (χ4n) is 8.12. The standard InChI is InChI=1S/C50H33N3OS/c1-3-14-32(15-4-1)33-16-13-17-34(30-33)48-49(52-42-23-10-9-22-41(42)51-48)40-28-29-43(50-47(40)39-21-7-11-24-44(39)54-50)53(35-18-5-2-6-19-35)36-26-27-38-37-20-8-12-25-45(37)55-46(38)31-36/h1-31,42,52H. The summed E-state index contributed by atoms with van der Waals surface area (Å²) in [6, 6.07) is 58.1. The Bertz CT molecular complexity index is 3080. The average Bonchev–Trinajstić information content (AvgIpc) is 3.83. The van der Waals surface area contributed by atoms with Gasteiger partial charge in [-0.05, 0) is 71.8 Å². The maximum Gasteiger partial charge on any atom is 0.160 e. The summed E-state index contributed by atoms with van der Waals surface area (Å²) in [6.07, 6.45) is 8.43. The third kappa shape index (κ3) is 5.31. The van der Waals surface area contributed by atoms with Crippen molar-refractivity contribution in [3.63, 3.8) is 0 Å². The molecule has 9 aromatic rings. The molecular formula is C50H33N3OS. The van der Waals surface area contributed by atoms with Crippen molar-refractivity contribution >= 4 is 87.6 Å². The van der Waals surface area contributed by atoms with Crippen molar-refractivity contribution in [2.24, 2.45) is 4.99 Å². The average molecular weight is 724 g/mol. The topological polar surface area (TPSA) is 40.8 Å². The molecule has 0 saturated heterocycles. The van der Waals surface area contributed by atoms with Crippen LogP contribution < -0.4 is 10.2 Å². The largest absolute Gasteiger partial charge is 0.454 e. The smallest absolute Gasteiger partial charge is 0.160 e. The molecule has 1 unspecified atom stereocenters. The number of fused-ring (bicyclic) bond motifs is 7. The number of thiophene rings is 1. The molecule has 3 heterocycles. The van der Waals surface area contributed by atoms with Crippen molar-refractivity contribution < 1.29 is 4.42 Å². The van der Waals surface area contributed by atoms with Crippen LogP contribution >= 0.6 is 11.3 Å². The Hall–Kier alpha value is -6.95. The molecule has 4 nitrogen and oxygen atoms in total. The van der Waals surface area contributed by atoms with Crippen LogP contribution in [0.4, 0.5) is 17.1 Å². The van der Waals surface area contributed by atoms with Crippen LogP contribution in [-0.4, -0.2) is 11.8 Å². The summed E-state index contributed by atoms with van der Waals surface area (Å²) in [5, 5.41) is 8.59. The highest BCUT2D eigenvalue weighted by atomic mass is 32.1. The van der Waals surface area contributed by atoms with Crippen LogP contribution in [0.2, 0.25) is 0 Å². The molecule has 1 atom stereocenters. The molecule has 0 radical (unpaired) electrons. The monoisotopic (exact) mass is 723 g/mol. The summed E-state index contributed by atoms with van der Waals surface area (Å²) < 4.78 is 9.49. The van der Waals surface area contributed by atoms with Crippen molar-refractivity contribution in [2.45, 2.75) is 6.04 Å². The minimum atomic E-state index is -0.0530. The van der Waals surface area contributed by atoms with E-state index in [0.29, 0.717) is 0 Å². The van der Waals surface area contributed by atoms with Crippen LogP contribution in [0.25, 0.3) is 64.6 Å². The van der Waals surface area contributed by atoms with Gasteiger partial charge in [0.1, 0.15) is 5.58 Å². The highest BCUT2D eigenvalue weighted by molar-refractivity contribution is 7.25. The van der Waals surface area contributed by atoms with Crippen LogP contribution in [0.1, 0.15) is 11.1 Å². The highest BCUT2D eigenvalue weighted by Crippen LogP contribution is 2.47. The Balaban J connectivity index is 1.16. The highest BCUT2D eigenvalue weighted by Gasteiger charge is 2.29. The molecule has 0 saturated carbocycles. The van der Waals surface area contributed by atoms with E-state index in [9.17, 15) is 0 Å². The predicted molar refractivity (Wildman–Crippen MR) is 233 cm³/mol. The van der Waals surface area contributed by atoms with Gasteiger partial charge in [-0.1, -0.05) is 127 Å². The molecule has 0 fully saturated rings.